The first-order chi connectivity index (χ1) is 18.6. The van der Waals surface area contributed by atoms with Crippen molar-refractivity contribution in [3.63, 3.8) is 0 Å². The molecule has 1 heterocycles. The van der Waals surface area contributed by atoms with Crippen molar-refractivity contribution in [3.8, 4) is 22.6 Å². The van der Waals surface area contributed by atoms with E-state index in [4.69, 9.17) is 4.74 Å². The first kappa shape index (κ1) is 25.0. The third-order valence-corrected chi connectivity index (χ3v) is 6.77. The molecule has 0 unspecified atom stereocenters. The van der Waals surface area contributed by atoms with Crippen LogP contribution in [0, 0.1) is 0 Å². The van der Waals surface area contributed by atoms with Gasteiger partial charge in [0.05, 0.1) is 35.7 Å². The molecule has 0 spiro atoms. The highest BCUT2D eigenvalue weighted by Crippen LogP contribution is 2.23. The van der Waals surface area contributed by atoms with Gasteiger partial charge in [0.1, 0.15) is 5.75 Å². The number of para-hydroxylation sites is 1. The van der Waals surface area contributed by atoms with Crippen molar-refractivity contribution in [1.29, 1.82) is 0 Å². The summed E-state index contributed by atoms with van der Waals surface area (Å²) in [4.78, 5) is 30.6. The minimum absolute atomic E-state index is 0.0330. The van der Waals surface area contributed by atoms with E-state index in [0.29, 0.717) is 27.5 Å². The van der Waals surface area contributed by atoms with Gasteiger partial charge in [0, 0.05) is 0 Å². The Labute approximate surface area is 223 Å². The van der Waals surface area contributed by atoms with E-state index in [2.05, 4.69) is 27.6 Å². The molecule has 0 atom stereocenters. The lowest BCUT2D eigenvalue weighted by Gasteiger charge is -2.13. The number of thioether (sulfide) groups is 1. The highest BCUT2D eigenvalue weighted by atomic mass is 32.2. The number of nitrogens with zero attached hydrogens (tertiary/aromatic N) is 3. The highest BCUT2D eigenvalue weighted by molar-refractivity contribution is 7.99. The normalized spacial score (nSPS) is 11.1. The molecule has 38 heavy (non-hydrogen) atoms. The average Bonchev–Trinajstić information content (AvgIpc) is 2.97. The summed E-state index contributed by atoms with van der Waals surface area (Å²) < 4.78 is 6.75. The zero-order valence-corrected chi connectivity index (χ0v) is 21.4. The lowest BCUT2D eigenvalue weighted by molar-refractivity contribution is -0.118. The smallest absolute Gasteiger partial charge is 0.266 e. The van der Waals surface area contributed by atoms with Crippen molar-refractivity contribution in [2.24, 2.45) is 5.10 Å². The second-order valence-corrected chi connectivity index (χ2v) is 9.26. The minimum atomic E-state index is -0.309. The Hall–Kier alpha value is -4.69. The van der Waals surface area contributed by atoms with Crippen LogP contribution in [0.15, 0.2) is 118 Å². The summed E-state index contributed by atoms with van der Waals surface area (Å²) in [5.74, 6) is 0.401. The van der Waals surface area contributed by atoms with E-state index >= 15 is 0 Å². The van der Waals surface area contributed by atoms with E-state index in [9.17, 15) is 9.59 Å². The van der Waals surface area contributed by atoms with E-state index < -0.39 is 0 Å². The summed E-state index contributed by atoms with van der Waals surface area (Å²) in [6, 6.07) is 32.3. The van der Waals surface area contributed by atoms with Crippen LogP contribution in [0.4, 0.5) is 0 Å². The fourth-order valence-corrected chi connectivity index (χ4v) is 4.71. The number of amides is 1. The SMILES string of the molecule is COc1ccc(-n2c(SCC(=O)N/N=C/c3ccc(-c4ccccc4)cc3)nc3ccccc3c2=O)cc1. The van der Waals surface area contributed by atoms with E-state index in [-0.39, 0.29) is 17.2 Å². The monoisotopic (exact) mass is 520 g/mol. The maximum absolute atomic E-state index is 13.3. The molecule has 1 N–H and O–H groups in total. The maximum atomic E-state index is 13.3. The average molecular weight is 521 g/mol. The number of carbonyl (C=O) groups excluding carboxylic acids is 1. The molecule has 0 saturated carbocycles. The number of ether oxygens (including phenoxy) is 1. The number of nitrogens with one attached hydrogen (secondary N) is 1. The Balaban J connectivity index is 1.29. The molecule has 1 aromatic heterocycles. The summed E-state index contributed by atoms with van der Waals surface area (Å²) in [5.41, 5.74) is 6.65. The molecule has 0 aliphatic heterocycles. The molecule has 5 rings (SSSR count). The molecule has 0 bridgehead atoms. The van der Waals surface area contributed by atoms with Crippen molar-refractivity contribution in [2.45, 2.75) is 5.16 Å². The van der Waals surface area contributed by atoms with Gasteiger partial charge in [0.2, 0.25) is 0 Å². The van der Waals surface area contributed by atoms with Crippen molar-refractivity contribution in [1.82, 2.24) is 15.0 Å². The summed E-state index contributed by atoms with van der Waals surface area (Å²) in [6.07, 6.45) is 1.60. The Morgan fingerprint density at radius 3 is 2.34 bits per heavy atom. The van der Waals surface area contributed by atoms with E-state index in [0.717, 1.165) is 16.7 Å². The molecule has 8 heteroatoms. The predicted octanol–water partition coefficient (Wildman–Crippen LogP) is 5.30. The molecule has 0 fully saturated rings. The fraction of sp³-hybridized carbons (Fsp3) is 0.0667. The van der Waals surface area contributed by atoms with E-state index in [1.54, 1.807) is 55.8 Å². The maximum Gasteiger partial charge on any atom is 0.266 e. The van der Waals surface area contributed by atoms with Crippen molar-refractivity contribution in [3.05, 3.63) is 119 Å². The van der Waals surface area contributed by atoms with E-state index in [1.807, 2.05) is 48.5 Å². The number of hydrogen-bond acceptors (Lipinski definition) is 6. The van der Waals surface area contributed by atoms with Gasteiger partial charge in [-0.1, -0.05) is 78.5 Å². The Bertz CT molecular complexity index is 1650. The molecule has 5 aromatic rings. The van der Waals surface area contributed by atoms with Gasteiger partial charge in [-0.05, 0) is 53.1 Å². The topological polar surface area (TPSA) is 85.6 Å². The second-order valence-electron chi connectivity index (χ2n) is 8.32. The number of fused-ring (bicyclic) bond motifs is 1. The number of carbonyl (C=O) groups is 1. The molecule has 0 saturated heterocycles. The molecule has 7 nitrogen and oxygen atoms in total. The Kier molecular flexibility index (Phi) is 7.61. The Morgan fingerprint density at radius 2 is 1.61 bits per heavy atom. The van der Waals surface area contributed by atoms with Gasteiger partial charge in [-0.25, -0.2) is 10.4 Å². The number of aromatic nitrogens is 2. The quantitative estimate of drug-likeness (QED) is 0.130. The van der Waals surface area contributed by atoms with Crippen LogP contribution in [0.1, 0.15) is 5.56 Å². The van der Waals surface area contributed by atoms with Crippen LogP contribution in [0.25, 0.3) is 27.7 Å². The first-order valence-electron chi connectivity index (χ1n) is 11.9. The highest BCUT2D eigenvalue weighted by Gasteiger charge is 2.15. The molecular formula is C30H24N4O3S. The summed E-state index contributed by atoms with van der Waals surface area (Å²) in [5, 5.41) is 4.99. The second kappa shape index (κ2) is 11.6. The molecule has 4 aromatic carbocycles. The summed E-state index contributed by atoms with van der Waals surface area (Å²) in [6.45, 7) is 0. The largest absolute Gasteiger partial charge is 0.497 e. The number of benzene rings is 4. The van der Waals surface area contributed by atoms with Crippen LogP contribution >= 0.6 is 11.8 Å². The summed E-state index contributed by atoms with van der Waals surface area (Å²) in [7, 11) is 1.58. The number of rotatable bonds is 8. The van der Waals surface area contributed by atoms with Gasteiger partial charge < -0.3 is 4.74 Å². The van der Waals surface area contributed by atoms with Crippen LogP contribution in [0.3, 0.4) is 0 Å². The van der Waals surface area contributed by atoms with Crippen LogP contribution in [0.2, 0.25) is 0 Å². The minimum Gasteiger partial charge on any atom is -0.497 e. The number of hydrogen-bond donors (Lipinski definition) is 1. The van der Waals surface area contributed by atoms with Crippen LogP contribution < -0.4 is 15.7 Å². The molecule has 188 valence electrons. The van der Waals surface area contributed by atoms with Gasteiger partial charge in [0.25, 0.3) is 11.5 Å². The van der Waals surface area contributed by atoms with Crippen LogP contribution in [0.5, 0.6) is 5.75 Å². The lowest BCUT2D eigenvalue weighted by Crippen LogP contribution is -2.24. The van der Waals surface area contributed by atoms with Crippen LogP contribution in [-0.2, 0) is 4.79 Å². The van der Waals surface area contributed by atoms with Crippen LogP contribution in [-0.4, -0.2) is 34.5 Å². The van der Waals surface area contributed by atoms with Crippen molar-refractivity contribution >= 4 is 34.8 Å². The standard InChI is InChI=1S/C30H24N4O3S/c1-37-25-17-15-24(16-18-25)34-29(36)26-9-5-6-10-27(26)32-30(34)38-20-28(35)33-31-19-21-11-13-23(14-12-21)22-7-3-2-4-8-22/h2-19H,20H2,1H3,(H,33,35)/b31-19+. The fourth-order valence-electron chi connectivity index (χ4n) is 3.90. The van der Waals surface area contributed by atoms with Crippen molar-refractivity contribution < 1.29 is 9.53 Å². The van der Waals surface area contributed by atoms with Gasteiger partial charge in [-0.2, -0.15) is 5.10 Å². The molecule has 1 amide bonds. The predicted molar refractivity (Wildman–Crippen MR) is 152 cm³/mol. The lowest BCUT2D eigenvalue weighted by atomic mass is 10.0. The van der Waals surface area contributed by atoms with Gasteiger partial charge in [-0.15, -0.1) is 0 Å². The molecule has 0 radical (unpaired) electrons. The zero-order valence-electron chi connectivity index (χ0n) is 20.6. The van der Waals surface area contributed by atoms with Gasteiger partial charge in [-0.3, -0.25) is 14.2 Å². The van der Waals surface area contributed by atoms with Gasteiger partial charge >= 0.3 is 0 Å². The van der Waals surface area contributed by atoms with E-state index in [1.165, 1.54) is 16.3 Å². The summed E-state index contributed by atoms with van der Waals surface area (Å²) >= 11 is 1.17. The van der Waals surface area contributed by atoms with Crippen molar-refractivity contribution in [2.75, 3.05) is 12.9 Å². The Morgan fingerprint density at radius 1 is 0.921 bits per heavy atom. The van der Waals surface area contributed by atoms with Gasteiger partial charge in [0.15, 0.2) is 5.16 Å². The molecule has 0 aliphatic rings. The molecular weight excluding hydrogens is 496 g/mol. The first-order valence-corrected chi connectivity index (χ1v) is 12.9. The third-order valence-electron chi connectivity index (χ3n) is 5.83. The zero-order chi connectivity index (χ0) is 26.3. The number of methoxy groups -OCH3 is 1. The number of hydrazone groups is 1. The molecule has 0 aliphatic carbocycles. The third kappa shape index (κ3) is 5.66.